The van der Waals surface area contributed by atoms with Gasteiger partial charge in [0.1, 0.15) is 12.2 Å². The van der Waals surface area contributed by atoms with Crippen LogP contribution in [0.15, 0.2) is 12.7 Å². The van der Waals surface area contributed by atoms with Crippen LogP contribution < -0.4 is 0 Å². The zero-order valence-electron chi connectivity index (χ0n) is 6.14. The van der Waals surface area contributed by atoms with Gasteiger partial charge in [-0.25, -0.2) is 4.89 Å². The van der Waals surface area contributed by atoms with Crippen molar-refractivity contribution in [2.24, 2.45) is 0 Å². The molecular formula is C7H12O4. The first-order valence-corrected chi connectivity index (χ1v) is 3.51. The van der Waals surface area contributed by atoms with E-state index < -0.39 is 12.2 Å². The van der Waals surface area contributed by atoms with E-state index in [1.807, 2.05) is 0 Å². The number of hydrogen-bond donors (Lipinski definition) is 2. The molecule has 0 bridgehead atoms. The summed E-state index contributed by atoms with van der Waals surface area (Å²) in [6.07, 6.45) is 1.20. The van der Waals surface area contributed by atoms with Gasteiger partial charge >= 0.3 is 0 Å². The molecule has 1 heterocycles. The van der Waals surface area contributed by atoms with Crippen molar-refractivity contribution >= 4 is 0 Å². The highest BCUT2D eigenvalue weighted by atomic mass is 17.1. The molecule has 0 spiro atoms. The van der Waals surface area contributed by atoms with Crippen molar-refractivity contribution in [3.05, 3.63) is 12.7 Å². The lowest BCUT2D eigenvalue weighted by Gasteiger charge is -2.11. The molecule has 0 aromatic heterocycles. The lowest BCUT2D eigenvalue weighted by Crippen LogP contribution is -2.26. The fourth-order valence-corrected chi connectivity index (χ4v) is 1.17. The Hall–Kier alpha value is -0.420. The minimum atomic E-state index is -0.428. The molecule has 3 atom stereocenters. The van der Waals surface area contributed by atoms with Crippen molar-refractivity contribution < 1.29 is 20.0 Å². The molecule has 1 saturated heterocycles. The molecule has 0 saturated carbocycles. The molecule has 64 valence electrons. The van der Waals surface area contributed by atoms with Gasteiger partial charge in [-0.05, 0) is 0 Å². The summed E-state index contributed by atoms with van der Waals surface area (Å²) in [5.74, 6) is 0. The van der Waals surface area contributed by atoms with Crippen LogP contribution in [0.3, 0.4) is 0 Å². The van der Waals surface area contributed by atoms with Crippen LogP contribution in [-0.4, -0.2) is 35.3 Å². The Morgan fingerprint density at radius 1 is 1.73 bits per heavy atom. The van der Waals surface area contributed by atoms with Gasteiger partial charge in [-0.1, -0.05) is 6.08 Å². The Morgan fingerprint density at radius 2 is 2.45 bits per heavy atom. The van der Waals surface area contributed by atoms with Crippen LogP contribution in [-0.2, 0) is 9.62 Å². The molecule has 1 aliphatic rings. The number of rotatable bonds is 3. The Balaban J connectivity index is 2.47. The summed E-state index contributed by atoms with van der Waals surface area (Å²) in [7, 11) is 0. The van der Waals surface area contributed by atoms with Crippen molar-refractivity contribution in [2.45, 2.75) is 24.7 Å². The zero-order valence-corrected chi connectivity index (χ0v) is 6.14. The summed E-state index contributed by atoms with van der Waals surface area (Å²) in [5.41, 5.74) is 0. The van der Waals surface area contributed by atoms with E-state index in [-0.39, 0.29) is 12.7 Å². The van der Waals surface area contributed by atoms with Gasteiger partial charge in [0.25, 0.3) is 0 Å². The van der Waals surface area contributed by atoms with Crippen LogP contribution in [0.2, 0.25) is 0 Å². The third kappa shape index (κ3) is 1.78. The maximum Gasteiger partial charge on any atom is 0.124 e. The lowest BCUT2D eigenvalue weighted by atomic mass is 10.1. The van der Waals surface area contributed by atoms with Crippen LogP contribution in [0.1, 0.15) is 6.42 Å². The standard InChI is InChI=1S/C7H12O4/c1-2-5-3-6(11-9)7(4-8)10-5/h2,5-9H,1,3-4H2. The number of hydrogen-bond acceptors (Lipinski definition) is 4. The van der Waals surface area contributed by atoms with Crippen LogP contribution in [0.4, 0.5) is 0 Å². The molecule has 4 heteroatoms. The minimum absolute atomic E-state index is 0.121. The highest BCUT2D eigenvalue weighted by molar-refractivity contribution is 4.91. The second-order valence-electron chi connectivity index (χ2n) is 2.51. The topological polar surface area (TPSA) is 58.9 Å². The van der Waals surface area contributed by atoms with E-state index in [4.69, 9.17) is 15.1 Å². The predicted molar refractivity (Wildman–Crippen MR) is 38.1 cm³/mol. The minimum Gasteiger partial charge on any atom is -0.394 e. The Labute approximate surface area is 65.0 Å². The number of ether oxygens (including phenoxy) is 1. The summed E-state index contributed by atoms with van der Waals surface area (Å²) < 4.78 is 5.21. The average molecular weight is 160 g/mol. The van der Waals surface area contributed by atoms with E-state index in [2.05, 4.69) is 11.5 Å². The van der Waals surface area contributed by atoms with Crippen molar-refractivity contribution in [1.82, 2.24) is 0 Å². The van der Waals surface area contributed by atoms with Crippen LogP contribution >= 0.6 is 0 Å². The predicted octanol–water partition coefficient (Wildman–Crippen LogP) is 0.180. The molecule has 0 aromatic rings. The highest BCUT2D eigenvalue weighted by Crippen LogP contribution is 2.22. The first kappa shape index (κ1) is 8.67. The summed E-state index contributed by atoms with van der Waals surface area (Å²) in [6, 6.07) is 0. The molecular weight excluding hydrogens is 148 g/mol. The summed E-state index contributed by atoms with van der Waals surface area (Å²) >= 11 is 0. The first-order chi connectivity index (χ1) is 5.31. The number of aliphatic hydroxyl groups is 1. The molecule has 1 rings (SSSR count). The van der Waals surface area contributed by atoms with E-state index in [0.29, 0.717) is 6.42 Å². The Morgan fingerprint density at radius 3 is 2.82 bits per heavy atom. The van der Waals surface area contributed by atoms with Gasteiger partial charge in [-0.3, -0.25) is 5.26 Å². The Kier molecular flexibility index (Phi) is 3.02. The highest BCUT2D eigenvalue weighted by Gasteiger charge is 2.34. The quantitative estimate of drug-likeness (QED) is 0.351. The fourth-order valence-electron chi connectivity index (χ4n) is 1.17. The number of aliphatic hydroxyl groups excluding tert-OH is 1. The molecule has 0 aliphatic carbocycles. The van der Waals surface area contributed by atoms with Crippen molar-refractivity contribution in [3.63, 3.8) is 0 Å². The third-order valence-electron chi connectivity index (χ3n) is 1.81. The van der Waals surface area contributed by atoms with Crippen LogP contribution in [0, 0.1) is 0 Å². The van der Waals surface area contributed by atoms with Gasteiger partial charge in [0.2, 0.25) is 0 Å². The summed E-state index contributed by atoms with van der Waals surface area (Å²) in [5, 5.41) is 17.1. The monoisotopic (exact) mass is 160 g/mol. The molecule has 0 radical (unpaired) electrons. The molecule has 1 aliphatic heterocycles. The SMILES string of the molecule is C=CC1CC(OO)C(CO)O1. The molecule has 0 aromatic carbocycles. The average Bonchev–Trinajstić information content (AvgIpc) is 2.46. The van der Waals surface area contributed by atoms with Gasteiger partial charge in [0.05, 0.1) is 12.7 Å². The molecule has 4 nitrogen and oxygen atoms in total. The smallest absolute Gasteiger partial charge is 0.124 e. The molecule has 11 heavy (non-hydrogen) atoms. The second-order valence-corrected chi connectivity index (χ2v) is 2.51. The normalized spacial score (nSPS) is 37.5. The molecule has 2 N–H and O–H groups in total. The van der Waals surface area contributed by atoms with Gasteiger partial charge in [0.15, 0.2) is 0 Å². The largest absolute Gasteiger partial charge is 0.394 e. The molecule has 1 fully saturated rings. The van der Waals surface area contributed by atoms with Gasteiger partial charge in [0, 0.05) is 6.42 Å². The van der Waals surface area contributed by atoms with Crippen molar-refractivity contribution in [1.29, 1.82) is 0 Å². The van der Waals surface area contributed by atoms with E-state index in [1.165, 1.54) is 0 Å². The summed E-state index contributed by atoms with van der Waals surface area (Å²) in [6.45, 7) is 3.39. The molecule has 3 unspecified atom stereocenters. The van der Waals surface area contributed by atoms with Crippen molar-refractivity contribution in [2.75, 3.05) is 6.61 Å². The fraction of sp³-hybridized carbons (Fsp3) is 0.714. The lowest BCUT2D eigenvalue weighted by molar-refractivity contribution is -0.288. The van der Waals surface area contributed by atoms with Crippen LogP contribution in [0.5, 0.6) is 0 Å². The van der Waals surface area contributed by atoms with Crippen molar-refractivity contribution in [3.8, 4) is 0 Å². The van der Waals surface area contributed by atoms with Crippen LogP contribution in [0.25, 0.3) is 0 Å². The Bertz CT molecular complexity index is 124. The van der Waals surface area contributed by atoms with E-state index in [9.17, 15) is 0 Å². The van der Waals surface area contributed by atoms with Gasteiger partial charge in [-0.2, -0.15) is 0 Å². The van der Waals surface area contributed by atoms with E-state index in [0.717, 1.165) is 0 Å². The molecule has 0 amide bonds. The second kappa shape index (κ2) is 3.82. The van der Waals surface area contributed by atoms with E-state index >= 15 is 0 Å². The maximum absolute atomic E-state index is 8.73. The first-order valence-electron chi connectivity index (χ1n) is 3.51. The van der Waals surface area contributed by atoms with Gasteiger partial charge < -0.3 is 9.84 Å². The van der Waals surface area contributed by atoms with Gasteiger partial charge in [-0.15, -0.1) is 6.58 Å². The summed E-state index contributed by atoms with van der Waals surface area (Å²) in [4.78, 5) is 4.11. The van der Waals surface area contributed by atoms with E-state index in [1.54, 1.807) is 6.08 Å². The maximum atomic E-state index is 8.73. The zero-order chi connectivity index (χ0) is 8.27. The third-order valence-corrected chi connectivity index (χ3v) is 1.81.